The minimum Gasteiger partial charge on any atom is -0.477 e. The maximum absolute atomic E-state index is 12.9. The van der Waals surface area contributed by atoms with Gasteiger partial charge in [0.1, 0.15) is 13.2 Å². The maximum atomic E-state index is 12.9. The van der Waals surface area contributed by atoms with E-state index in [1.165, 1.54) is 148 Å². The largest absolute Gasteiger partial charge is 0.477 e. The number of allylic oxidation sites excluding steroid dienone is 14. The lowest BCUT2D eigenvalue weighted by atomic mass is 10.0. The van der Waals surface area contributed by atoms with Crippen molar-refractivity contribution in [1.29, 1.82) is 0 Å². The van der Waals surface area contributed by atoms with E-state index in [1.54, 1.807) is 0 Å². The van der Waals surface area contributed by atoms with Gasteiger partial charge in [0.05, 0.1) is 34.4 Å². The molecule has 0 rings (SSSR count). The zero-order chi connectivity index (χ0) is 55.5. The normalized spacial score (nSPS) is 13.3. The van der Waals surface area contributed by atoms with Crippen LogP contribution < -0.4 is 0 Å². The van der Waals surface area contributed by atoms with Crippen LogP contribution in [0.2, 0.25) is 0 Å². The molecule has 0 aliphatic heterocycles. The van der Waals surface area contributed by atoms with Crippen LogP contribution >= 0.6 is 0 Å². The number of rotatable bonds is 57. The average molecular weight is 1070 g/mol. The second-order valence-corrected chi connectivity index (χ2v) is 22.0. The fourth-order valence-corrected chi connectivity index (χ4v) is 8.60. The molecule has 9 heteroatoms. The molecule has 0 saturated carbocycles. The number of esters is 2. The first-order valence-electron chi connectivity index (χ1n) is 31.3. The summed E-state index contributed by atoms with van der Waals surface area (Å²) in [5.74, 6) is -2.01. The Hall–Kier alpha value is -3.53. The standard InChI is InChI=1S/C67H117NO8/c1-6-8-10-12-14-16-18-20-22-24-26-27-28-29-30-31-32-33-34-35-36-37-38-39-40-42-44-46-48-50-52-54-56-58-65(70)76-63(62-75-67(66(71)72)73-60-59-68(3,4)5)61-74-64(69)57-55-53-51-49-47-45-43-41-25-23-21-19-17-15-13-11-9-7-2/h8,10,14,16-17,19-20,22-23,25-27,29-30,63,67H,6-7,9,11-13,15,18,21,24,28,31-62H2,1-5H3/p+1/b10-8-,16-14-,19-17-,22-20-,25-23-,27-26-,30-29-. The molecule has 438 valence electrons. The van der Waals surface area contributed by atoms with Crippen molar-refractivity contribution in [2.24, 2.45) is 0 Å². The Labute approximate surface area is 468 Å². The van der Waals surface area contributed by atoms with Gasteiger partial charge in [-0.2, -0.15) is 0 Å². The van der Waals surface area contributed by atoms with Crippen molar-refractivity contribution in [2.45, 2.75) is 277 Å². The topological polar surface area (TPSA) is 108 Å². The highest BCUT2D eigenvalue weighted by Crippen LogP contribution is 2.16. The number of hydrogen-bond donors (Lipinski definition) is 1. The van der Waals surface area contributed by atoms with Gasteiger partial charge in [-0.3, -0.25) is 9.59 Å². The minimum absolute atomic E-state index is 0.184. The van der Waals surface area contributed by atoms with Crippen molar-refractivity contribution in [3.8, 4) is 0 Å². The molecule has 0 aliphatic carbocycles. The second-order valence-electron chi connectivity index (χ2n) is 22.0. The van der Waals surface area contributed by atoms with E-state index in [0.717, 1.165) is 89.9 Å². The summed E-state index contributed by atoms with van der Waals surface area (Å²) in [5.41, 5.74) is 0. The summed E-state index contributed by atoms with van der Waals surface area (Å²) < 4.78 is 22.9. The van der Waals surface area contributed by atoms with E-state index >= 15 is 0 Å². The molecule has 0 aromatic carbocycles. The first-order valence-corrected chi connectivity index (χ1v) is 31.3. The Kier molecular flexibility index (Phi) is 55.0. The van der Waals surface area contributed by atoms with Crippen molar-refractivity contribution in [1.82, 2.24) is 0 Å². The lowest BCUT2D eigenvalue weighted by Gasteiger charge is -2.25. The van der Waals surface area contributed by atoms with Crippen LogP contribution in [0.5, 0.6) is 0 Å². The Morgan fingerprint density at radius 2 is 0.750 bits per heavy atom. The van der Waals surface area contributed by atoms with Gasteiger partial charge in [0.25, 0.3) is 6.29 Å². The van der Waals surface area contributed by atoms with Crippen molar-refractivity contribution in [3.05, 3.63) is 85.1 Å². The monoisotopic (exact) mass is 1060 g/mol. The highest BCUT2D eigenvalue weighted by atomic mass is 16.7. The van der Waals surface area contributed by atoms with E-state index in [1.807, 2.05) is 21.1 Å². The number of carboxylic acid groups (broad SMARTS) is 1. The van der Waals surface area contributed by atoms with Gasteiger partial charge in [-0.05, 0) is 89.9 Å². The number of ether oxygens (including phenoxy) is 4. The Balaban J connectivity index is 4.13. The number of hydrogen-bond acceptors (Lipinski definition) is 7. The van der Waals surface area contributed by atoms with Crippen LogP contribution in [0.25, 0.3) is 0 Å². The number of quaternary nitrogens is 1. The van der Waals surface area contributed by atoms with Gasteiger partial charge in [0.2, 0.25) is 0 Å². The lowest BCUT2D eigenvalue weighted by Crippen LogP contribution is -2.40. The predicted molar refractivity (Wildman–Crippen MR) is 322 cm³/mol. The Morgan fingerprint density at radius 3 is 1.12 bits per heavy atom. The highest BCUT2D eigenvalue weighted by molar-refractivity contribution is 5.71. The van der Waals surface area contributed by atoms with Crippen molar-refractivity contribution < 1.29 is 42.9 Å². The van der Waals surface area contributed by atoms with Gasteiger partial charge >= 0.3 is 17.9 Å². The van der Waals surface area contributed by atoms with Gasteiger partial charge in [0.15, 0.2) is 6.10 Å². The number of nitrogens with zero attached hydrogens (tertiary/aromatic N) is 1. The van der Waals surface area contributed by atoms with Gasteiger partial charge in [0, 0.05) is 12.8 Å². The van der Waals surface area contributed by atoms with Crippen molar-refractivity contribution in [3.63, 3.8) is 0 Å². The van der Waals surface area contributed by atoms with Gasteiger partial charge in [-0.15, -0.1) is 0 Å². The SMILES string of the molecule is CC/C=C\C/C=C\C/C=C\C/C=C\C/C=C\CCCCCCCCCCCCCCCCCCCC(=O)OC(COC(=O)CCCCCCCCC/C=C\C/C=C\CCCCCC)COC(OCC[N+](C)(C)C)C(=O)O. The number of likely N-dealkylation sites (N-methyl/N-ethyl adjacent to an activating group) is 1. The van der Waals surface area contributed by atoms with Crippen LogP contribution in [-0.2, 0) is 33.3 Å². The fraction of sp³-hybridized carbons (Fsp3) is 0.746. The molecule has 0 bridgehead atoms. The molecule has 2 atom stereocenters. The molecule has 0 aliphatic rings. The average Bonchev–Trinajstić information content (AvgIpc) is 3.39. The molecule has 0 heterocycles. The molecule has 9 nitrogen and oxygen atoms in total. The summed E-state index contributed by atoms with van der Waals surface area (Å²) in [6, 6.07) is 0. The fourth-order valence-electron chi connectivity index (χ4n) is 8.60. The van der Waals surface area contributed by atoms with Crippen molar-refractivity contribution >= 4 is 17.9 Å². The molecular weight excluding hydrogens is 947 g/mol. The molecular formula is C67H118NO8+. The van der Waals surface area contributed by atoms with Crippen LogP contribution in [0, 0.1) is 0 Å². The van der Waals surface area contributed by atoms with E-state index < -0.39 is 24.3 Å². The van der Waals surface area contributed by atoms with Gasteiger partial charge in [-0.1, -0.05) is 247 Å². The maximum Gasteiger partial charge on any atom is 0.361 e. The van der Waals surface area contributed by atoms with Crippen LogP contribution in [-0.4, -0.2) is 87.4 Å². The van der Waals surface area contributed by atoms with E-state index in [0.29, 0.717) is 17.4 Å². The molecule has 0 amide bonds. The van der Waals surface area contributed by atoms with E-state index in [-0.39, 0.29) is 32.2 Å². The number of unbranched alkanes of at least 4 members (excludes halogenated alkanes) is 28. The molecule has 0 radical (unpaired) electrons. The summed E-state index contributed by atoms with van der Waals surface area (Å²) in [6.07, 6.45) is 73.9. The molecule has 76 heavy (non-hydrogen) atoms. The Bertz CT molecular complexity index is 1520. The minimum atomic E-state index is -1.51. The van der Waals surface area contributed by atoms with Crippen molar-refractivity contribution in [2.75, 3.05) is 47.5 Å². The third-order valence-corrected chi connectivity index (χ3v) is 13.4. The molecule has 2 unspecified atom stereocenters. The first-order chi connectivity index (χ1) is 37.1. The predicted octanol–water partition coefficient (Wildman–Crippen LogP) is 18.7. The van der Waals surface area contributed by atoms with Gasteiger partial charge in [-0.25, -0.2) is 4.79 Å². The summed E-state index contributed by atoms with van der Waals surface area (Å²) in [7, 11) is 5.97. The molecule has 0 fully saturated rings. The molecule has 0 aromatic heterocycles. The summed E-state index contributed by atoms with van der Waals surface area (Å²) in [4.78, 5) is 37.5. The lowest BCUT2D eigenvalue weighted by molar-refractivity contribution is -0.870. The van der Waals surface area contributed by atoms with Gasteiger partial charge < -0.3 is 28.5 Å². The highest BCUT2D eigenvalue weighted by Gasteiger charge is 2.25. The van der Waals surface area contributed by atoms with Crippen LogP contribution in [0.1, 0.15) is 264 Å². The number of carboxylic acids is 1. The van der Waals surface area contributed by atoms with Crippen LogP contribution in [0.3, 0.4) is 0 Å². The molecule has 0 spiro atoms. The number of carbonyl (C=O) groups excluding carboxylic acids is 2. The molecule has 0 saturated heterocycles. The third kappa shape index (κ3) is 58.2. The van der Waals surface area contributed by atoms with Crippen LogP contribution in [0.4, 0.5) is 0 Å². The summed E-state index contributed by atoms with van der Waals surface area (Å²) in [5, 5.41) is 9.71. The zero-order valence-corrected chi connectivity index (χ0v) is 49.9. The molecule has 1 N–H and O–H groups in total. The zero-order valence-electron chi connectivity index (χ0n) is 49.9. The first kappa shape index (κ1) is 72.5. The van der Waals surface area contributed by atoms with E-state index in [9.17, 15) is 19.5 Å². The summed E-state index contributed by atoms with van der Waals surface area (Å²) in [6.45, 7) is 4.75. The smallest absolute Gasteiger partial charge is 0.361 e. The summed E-state index contributed by atoms with van der Waals surface area (Å²) >= 11 is 0. The third-order valence-electron chi connectivity index (χ3n) is 13.4. The molecule has 0 aromatic rings. The quantitative estimate of drug-likeness (QED) is 0.0211. The Morgan fingerprint density at radius 1 is 0.408 bits per heavy atom. The number of aliphatic carboxylic acids is 1. The number of carbonyl (C=O) groups is 3. The van der Waals surface area contributed by atoms with E-state index in [2.05, 4.69) is 98.9 Å². The second kappa shape index (κ2) is 57.6. The van der Waals surface area contributed by atoms with Crippen LogP contribution in [0.15, 0.2) is 85.1 Å². The van der Waals surface area contributed by atoms with E-state index in [4.69, 9.17) is 18.9 Å².